The van der Waals surface area contributed by atoms with Crippen molar-refractivity contribution in [3.05, 3.63) is 204 Å². The Bertz CT molecular complexity index is 3130. The van der Waals surface area contributed by atoms with Crippen LogP contribution in [0.25, 0.3) is 83.4 Å². The maximum absolute atomic E-state index is 6.53. The molecule has 53 heavy (non-hydrogen) atoms. The highest BCUT2D eigenvalue weighted by atomic mass is 16.3. The summed E-state index contributed by atoms with van der Waals surface area (Å²) in [6.07, 6.45) is 0. The monoisotopic (exact) mass is 674 g/mol. The van der Waals surface area contributed by atoms with Crippen molar-refractivity contribution in [3.63, 3.8) is 0 Å². The van der Waals surface area contributed by atoms with Gasteiger partial charge in [-0.2, -0.15) is 0 Å². The summed E-state index contributed by atoms with van der Waals surface area (Å²) >= 11 is 0. The first kappa shape index (κ1) is 28.7. The predicted octanol–water partition coefficient (Wildman–Crippen LogP) is 12.6. The Balaban J connectivity index is 1.26. The number of fused-ring (bicyclic) bond motifs is 16. The number of nitrogens with zero attached hydrogens (tertiary/aromatic N) is 2. The molecule has 12 rings (SSSR count). The molecule has 0 saturated heterocycles. The third kappa shape index (κ3) is 3.75. The molecule has 8 aromatic carbocycles. The fourth-order valence-electron chi connectivity index (χ4n) is 9.50. The van der Waals surface area contributed by atoms with Gasteiger partial charge in [0.25, 0.3) is 0 Å². The normalized spacial score (nSPS) is 15.2. The highest BCUT2D eigenvalue weighted by molar-refractivity contribution is 6.09. The average Bonchev–Trinajstić information content (AvgIpc) is 3.86. The first-order chi connectivity index (χ1) is 26.3. The van der Waals surface area contributed by atoms with Gasteiger partial charge in [-0.3, -0.25) is 4.57 Å². The minimum atomic E-state index is -0.636. The van der Waals surface area contributed by atoms with E-state index in [1.807, 2.05) is 0 Å². The molecule has 0 N–H and O–H groups in total. The van der Waals surface area contributed by atoms with E-state index in [2.05, 4.69) is 187 Å². The number of para-hydroxylation sites is 4. The van der Waals surface area contributed by atoms with E-state index < -0.39 is 5.41 Å². The van der Waals surface area contributed by atoms with Gasteiger partial charge in [0, 0.05) is 22.0 Å². The lowest BCUT2D eigenvalue weighted by atomic mass is 9.65. The molecular weight excluding hydrogens is 645 g/mol. The molecule has 0 amide bonds. The van der Waals surface area contributed by atoms with Gasteiger partial charge in [-0.15, -0.1) is 0 Å². The molecule has 2 aliphatic rings. The van der Waals surface area contributed by atoms with Crippen LogP contribution in [-0.2, 0) is 5.41 Å². The van der Waals surface area contributed by atoms with Crippen LogP contribution in [0.1, 0.15) is 22.3 Å². The van der Waals surface area contributed by atoms with Gasteiger partial charge in [0.05, 0.1) is 16.4 Å². The summed E-state index contributed by atoms with van der Waals surface area (Å²) in [7, 11) is 0. The van der Waals surface area contributed by atoms with Gasteiger partial charge >= 0.3 is 0 Å². The minimum Gasteiger partial charge on any atom is -0.456 e. The van der Waals surface area contributed by atoms with Crippen molar-refractivity contribution in [1.29, 1.82) is 0 Å². The van der Waals surface area contributed by atoms with Gasteiger partial charge in [0.2, 0.25) is 0 Å². The number of benzene rings is 8. The van der Waals surface area contributed by atoms with E-state index in [9.17, 15) is 0 Å². The number of aromatic nitrogens is 2. The van der Waals surface area contributed by atoms with Gasteiger partial charge in [-0.05, 0) is 104 Å². The molecule has 2 heterocycles. The molecule has 0 bridgehead atoms. The maximum atomic E-state index is 6.53. The first-order valence-electron chi connectivity index (χ1n) is 18.2. The van der Waals surface area contributed by atoms with Crippen LogP contribution in [0.4, 0.5) is 0 Å². The molecular formula is C50H30N2O. The van der Waals surface area contributed by atoms with Crippen molar-refractivity contribution >= 4 is 33.0 Å². The topological polar surface area (TPSA) is 31.0 Å². The highest BCUT2D eigenvalue weighted by Crippen LogP contribution is 2.62. The molecule has 0 aliphatic heterocycles. The van der Waals surface area contributed by atoms with Crippen LogP contribution in [0.15, 0.2) is 186 Å². The number of rotatable bonds is 2. The standard InChI is InChI=1S/C50H30N2O/c1-2-14-32(15-3-1)52-46-24-12-11-23-45(46)51-49(52)31-26-27-37-34-17-5-4-16-33(34)35-18-6-9-21-41(35)50(43(37)28-31)42-22-10-7-19-36(42)39-30-48-40(29-44(39)50)38-20-8-13-25-47(38)53-48/h1-30H. The quantitative estimate of drug-likeness (QED) is 0.183. The SMILES string of the molecule is c1ccc(-n2c(-c3ccc4c(c3)C3(c5ccccc5-c5ccccc5-4)c4ccccc4-c4cc5oc6ccccc6c5cc43)nc3ccccc32)cc1. The summed E-state index contributed by atoms with van der Waals surface area (Å²) in [5.41, 5.74) is 17.9. The largest absolute Gasteiger partial charge is 0.456 e. The van der Waals surface area contributed by atoms with Gasteiger partial charge in [0.15, 0.2) is 0 Å². The molecule has 0 saturated carbocycles. The Kier molecular flexibility index (Phi) is 5.70. The lowest BCUT2D eigenvalue weighted by Gasteiger charge is -2.35. The average molecular weight is 675 g/mol. The molecule has 0 fully saturated rings. The molecule has 3 nitrogen and oxygen atoms in total. The zero-order valence-electron chi connectivity index (χ0n) is 28.6. The Labute approximate surface area is 306 Å². The molecule has 246 valence electrons. The van der Waals surface area contributed by atoms with Crippen molar-refractivity contribution in [3.8, 4) is 50.5 Å². The molecule has 3 heteroatoms. The first-order valence-corrected chi connectivity index (χ1v) is 18.2. The molecule has 10 aromatic rings. The van der Waals surface area contributed by atoms with Crippen molar-refractivity contribution in [2.45, 2.75) is 5.41 Å². The van der Waals surface area contributed by atoms with Crippen LogP contribution in [0.5, 0.6) is 0 Å². The van der Waals surface area contributed by atoms with E-state index in [1.54, 1.807) is 0 Å². The zero-order chi connectivity index (χ0) is 34.7. The van der Waals surface area contributed by atoms with E-state index in [0.717, 1.165) is 50.0 Å². The van der Waals surface area contributed by atoms with E-state index in [1.165, 1.54) is 55.6 Å². The van der Waals surface area contributed by atoms with Crippen LogP contribution < -0.4 is 0 Å². The highest BCUT2D eigenvalue weighted by Gasteiger charge is 2.50. The summed E-state index contributed by atoms with van der Waals surface area (Å²) in [6.45, 7) is 0. The van der Waals surface area contributed by atoms with Crippen LogP contribution in [0, 0.1) is 0 Å². The molecule has 1 spiro atoms. The summed E-state index contributed by atoms with van der Waals surface area (Å²) in [5.74, 6) is 0.920. The minimum absolute atomic E-state index is 0.636. The fraction of sp³-hybridized carbons (Fsp3) is 0.0200. The Morgan fingerprint density at radius 1 is 0.415 bits per heavy atom. The van der Waals surface area contributed by atoms with Gasteiger partial charge in [-0.25, -0.2) is 4.98 Å². The van der Waals surface area contributed by atoms with Crippen LogP contribution >= 0.6 is 0 Å². The number of furan rings is 1. The summed E-state index contributed by atoms with van der Waals surface area (Å²) < 4.78 is 8.84. The second-order valence-corrected chi connectivity index (χ2v) is 14.2. The third-order valence-corrected chi connectivity index (χ3v) is 11.6. The van der Waals surface area contributed by atoms with E-state index in [-0.39, 0.29) is 0 Å². The Hall–Kier alpha value is -6.97. The van der Waals surface area contributed by atoms with E-state index in [4.69, 9.17) is 9.40 Å². The third-order valence-electron chi connectivity index (χ3n) is 11.6. The predicted molar refractivity (Wildman–Crippen MR) is 216 cm³/mol. The van der Waals surface area contributed by atoms with Crippen molar-refractivity contribution in [2.24, 2.45) is 0 Å². The smallest absolute Gasteiger partial charge is 0.145 e. The second-order valence-electron chi connectivity index (χ2n) is 14.2. The number of imidazole rings is 1. The molecule has 0 radical (unpaired) electrons. The van der Waals surface area contributed by atoms with Crippen LogP contribution in [0.3, 0.4) is 0 Å². The molecule has 1 unspecified atom stereocenters. The van der Waals surface area contributed by atoms with Crippen LogP contribution in [0.2, 0.25) is 0 Å². The van der Waals surface area contributed by atoms with Crippen molar-refractivity contribution < 1.29 is 4.42 Å². The molecule has 2 aromatic heterocycles. The van der Waals surface area contributed by atoms with Gasteiger partial charge in [0.1, 0.15) is 17.0 Å². The van der Waals surface area contributed by atoms with Crippen molar-refractivity contribution in [2.75, 3.05) is 0 Å². The zero-order valence-corrected chi connectivity index (χ0v) is 28.6. The lowest BCUT2D eigenvalue weighted by Crippen LogP contribution is -2.29. The lowest BCUT2D eigenvalue weighted by molar-refractivity contribution is 0.668. The summed E-state index contributed by atoms with van der Waals surface area (Å²) in [4.78, 5) is 5.34. The maximum Gasteiger partial charge on any atom is 0.145 e. The number of hydrogen-bond donors (Lipinski definition) is 0. The van der Waals surface area contributed by atoms with Crippen molar-refractivity contribution in [1.82, 2.24) is 9.55 Å². The van der Waals surface area contributed by atoms with E-state index >= 15 is 0 Å². The molecule has 2 aliphatic carbocycles. The van der Waals surface area contributed by atoms with Crippen LogP contribution in [-0.4, -0.2) is 9.55 Å². The summed E-state index contributed by atoms with van der Waals surface area (Å²) in [6, 6.07) is 66.2. The number of hydrogen-bond acceptors (Lipinski definition) is 2. The van der Waals surface area contributed by atoms with Gasteiger partial charge < -0.3 is 4.42 Å². The Morgan fingerprint density at radius 3 is 1.81 bits per heavy atom. The van der Waals surface area contributed by atoms with E-state index in [0.29, 0.717) is 0 Å². The Morgan fingerprint density at radius 2 is 1.02 bits per heavy atom. The fourth-order valence-corrected chi connectivity index (χ4v) is 9.50. The van der Waals surface area contributed by atoms with Gasteiger partial charge in [-0.1, -0.05) is 133 Å². The second kappa shape index (κ2) is 10.5. The molecule has 1 atom stereocenters. The summed E-state index contributed by atoms with van der Waals surface area (Å²) in [5, 5.41) is 2.27.